The van der Waals surface area contributed by atoms with Gasteiger partial charge in [0.2, 0.25) is 0 Å². The van der Waals surface area contributed by atoms with E-state index in [9.17, 15) is 15.0 Å². The van der Waals surface area contributed by atoms with Crippen molar-refractivity contribution in [3.05, 3.63) is 48.0 Å². The first kappa shape index (κ1) is 12.8. The molecular weight excluding hydrogens is 244 g/mol. The first-order valence-corrected chi connectivity index (χ1v) is 5.64. The number of nitrogens with zero attached hydrogens (tertiary/aromatic N) is 1. The maximum Gasteiger partial charge on any atom is 0.261 e. The number of carbonyl (C=O) groups is 1. The van der Waals surface area contributed by atoms with Gasteiger partial charge in [0.1, 0.15) is 11.5 Å². The highest BCUT2D eigenvalue weighted by molar-refractivity contribution is 6.07. The molecular formula is C14H14N2O3. The Bertz CT molecular complexity index is 626. The van der Waals surface area contributed by atoms with Gasteiger partial charge >= 0.3 is 0 Å². The summed E-state index contributed by atoms with van der Waals surface area (Å²) < 4.78 is 0. The molecule has 0 aliphatic carbocycles. The van der Waals surface area contributed by atoms with Gasteiger partial charge in [-0.2, -0.15) is 0 Å². The summed E-state index contributed by atoms with van der Waals surface area (Å²) in [6.07, 6.45) is 0. The highest BCUT2D eigenvalue weighted by Crippen LogP contribution is 2.25. The Balaban J connectivity index is 2.36. The SMILES string of the molecule is CN(C(=O)c1cc(O)ccc1O)c1cccc(N)c1. The number of aromatic hydroxyl groups is 2. The second-order valence-electron chi connectivity index (χ2n) is 4.16. The number of hydrogen-bond acceptors (Lipinski definition) is 4. The summed E-state index contributed by atoms with van der Waals surface area (Å²) in [7, 11) is 1.57. The fourth-order valence-corrected chi connectivity index (χ4v) is 1.73. The van der Waals surface area contributed by atoms with Crippen LogP contribution in [0.4, 0.5) is 11.4 Å². The van der Waals surface area contributed by atoms with Gasteiger partial charge in [-0.25, -0.2) is 0 Å². The van der Waals surface area contributed by atoms with Crippen molar-refractivity contribution in [2.24, 2.45) is 0 Å². The smallest absolute Gasteiger partial charge is 0.261 e. The molecule has 2 aromatic carbocycles. The summed E-state index contributed by atoms with van der Waals surface area (Å²) >= 11 is 0. The van der Waals surface area contributed by atoms with E-state index >= 15 is 0 Å². The lowest BCUT2D eigenvalue weighted by atomic mass is 10.1. The van der Waals surface area contributed by atoms with Crippen LogP contribution >= 0.6 is 0 Å². The van der Waals surface area contributed by atoms with Crippen molar-refractivity contribution in [2.45, 2.75) is 0 Å². The highest BCUT2D eigenvalue weighted by Gasteiger charge is 2.17. The summed E-state index contributed by atoms with van der Waals surface area (Å²) in [5.41, 5.74) is 6.84. The zero-order chi connectivity index (χ0) is 14.0. The highest BCUT2D eigenvalue weighted by atomic mass is 16.3. The number of hydrogen-bond donors (Lipinski definition) is 3. The number of carbonyl (C=O) groups excluding carboxylic acids is 1. The van der Waals surface area contributed by atoms with Gasteiger partial charge in [0.25, 0.3) is 5.91 Å². The van der Waals surface area contributed by atoms with E-state index in [0.29, 0.717) is 11.4 Å². The molecule has 0 spiro atoms. The fourth-order valence-electron chi connectivity index (χ4n) is 1.73. The van der Waals surface area contributed by atoms with E-state index in [0.717, 1.165) is 0 Å². The number of rotatable bonds is 2. The summed E-state index contributed by atoms with van der Waals surface area (Å²) in [6, 6.07) is 10.6. The number of phenolic OH excluding ortho intramolecular Hbond substituents is 2. The van der Waals surface area contributed by atoms with Gasteiger partial charge in [-0.15, -0.1) is 0 Å². The molecule has 0 unspecified atom stereocenters. The van der Waals surface area contributed by atoms with Crippen molar-refractivity contribution in [2.75, 3.05) is 17.7 Å². The van der Waals surface area contributed by atoms with Crippen molar-refractivity contribution in [1.29, 1.82) is 0 Å². The Morgan fingerprint density at radius 1 is 1.16 bits per heavy atom. The molecule has 0 aromatic heterocycles. The van der Waals surface area contributed by atoms with Crippen LogP contribution in [0.15, 0.2) is 42.5 Å². The lowest BCUT2D eigenvalue weighted by molar-refractivity contribution is 0.0990. The van der Waals surface area contributed by atoms with E-state index in [-0.39, 0.29) is 17.1 Å². The molecule has 4 N–H and O–H groups in total. The second-order valence-corrected chi connectivity index (χ2v) is 4.16. The molecule has 19 heavy (non-hydrogen) atoms. The van der Waals surface area contributed by atoms with Crippen LogP contribution in [-0.2, 0) is 0 Å². The van der Waals surface area contributed by atoms with Crippen LogP contribution in [0.25, 0.3) is 0 Å². The Kier molecular flexibility index (Phi) is 3.29. The monoisotopic (exact) mass is 258 g/mol. The zero-order valence-electron chi connectivity index (χ0n) is 10.4. The molecule has 0 radical (unpaired) electrons. The molecule has 1 amide bonds. The van der Waals surface area contributed by atoms with Crippen molar-refractivity contribution < 1.29 is 15.0 Å². The number of nitrogens with two attached hydrogens (primary N) is 1. The van der Waals surface area contributed by atoms with Gasteiger partial charge in [0.15, 0.2) is 0 Å². The van der Waals surface area contributed by atoms with E-state index in [2.05, 4.69) is 0 Å². The van der Waals surface area contributed by atoms with Crippen molar-refractivity contribution in [3.8, 4) is 11.5 Å². The quantitative estimate of drug-likeness (QED) is 0.567. The van der Waals surface area contributed by atoms with E-state index in [1.165, 1.54) is 23.1 Å². The molecule has 5 heteroatoms. The van der Waals surface area contributed by atoms with Crippen molar-refractivity contribution in [1.82, 2.24) is 0 Å². The molecule has 0 saturated carbocycles. The van der Waals surface area contributed by atoms with Crippen LogP contribution in [0.2, 0.25) is 0 Å². The Labute approximate surface area is 110 Å². The molecule has 2 aromatic rings. The van der Waals surface area contributed by atoms with Crippen LogP contribution in [0.1, 0.15) is 10.4 Å². The predicted molar refractivity (Wildman–Crippen MR) is 73.4 cm³/mol. The van der Waals surface area contributed by atoms with Gasteiger partial charge in [-0.05, 0) is 36.4 Å². The summed E-state index contributed by atoms with van der Waals surface area (Å²) in [6.45, 7) is 0. The molecule has 0 aliphatic heterocycles. The number of phenols is 2. The van der Waals surface area contributed by atoms with E-state index in [1.54, 1.807) is 31.3 Å². The molecule has 0 heterocycles. The normalized spacial score (nSPS) is 10.2. The predicted octanol–water partition coefficient (Wildman–Crippen LogP) is 1.96. The van der Waals surface area contributed by atoms with Crippen LogP contribution in [0, 0.1) is 0 Å². The number of amides is 1. The molecule has 0 atom stereocenters. The Morgan fingerprint density at radius 3 is 2.58 bits per heavy atom. The molecule has 0 aliphatic rings. The third kappa shape index (κ3) is 2.60. The minimum Gasteiger partial charge on any atom is -0.508 e. The molecule has 2 rings (SSSR count). The summed E-state index contributed by atoms with van der Waals surface area (Å²) in [5, 5.41) is 19.1. The summed E-state index contributed by atoms with van der Waals surface area (Å²) in [4.78, 5) is 13.6. The molecule has 0 bridgehead atoms. The standard InChI is InChI=1S/C14H14N2O3/c1-16(10-4-2-3-9(15)7-10)14(19)12-8-11(17)5-6-13(12)18/h2-8,17-18H,15H2,1H3. The van der Waals surface area contributed by atoms with Crippen molar-refractivity contribution in [3.63, 3.8) is 0 Å². The van der Waals surface area contributed by atoms with E-state index in [1.807, 2.05) is 0 Å². The average molecular weight is 258 g/mol. The van der Waals surface area contributed by atoms with Crippen LogP contribution < -0.4 is 10.6 Å². The molecule has 0 saturated heterocycles. The van der Waals surface area contributed by atoms with Crippen molar-refractivity contribution >= 4 is 17.3 Å². The second kappa shape index (κ2) is 4.89. The third-order valence-electron chi connectivity index (χ3n) is 2.77. The maximum absolute atomic E-state index is 12.2. The summed E-state index contributed by atoms with van der Waals surface area (Å²) in [5.74, 6) is -0.695. The van der Waals surface area contributed by atoms with Crippen LogP contribution in [0.5, 0.6) is 11.5 Å². The fraction of sp³-hybridized carbons (Fsp3) is 0.0714. The van der Waals surface area contributed by atoms with Gasteiger partial charge in [-0.1, -0.05) is 6.07 Å². The lowest BCUT2D eigenvalue weighted by Crippen LogP contribution is -2.26. The largest absolute Gasteiger partial charge is 0.508 e. The molecule has 98 valence electrons. The number of nitrogen functional groups attached to an aromatic ring is 1. The topological polar surface area (TPSA) is 86.8 Å². The first-order valence-electron chi connectivity index (χ1n) is 5.64. The van der Waals surface area contributed by atoms with Gasteiger partial charge in [-0.3, -0.25) is 4.79 Å². The van der Waals surface area contributed by atoms with Gasteiger partial charge < -0.3 is 20.8 Å². The Hall–Kier alpha value is -2.69. The minimum atomic E-state index is -0.431. The van der Waals surface area contributed by atoms with E-state index in [4.69, 9.17) is 5.73 Å². The number of anilines is 2. The third-order valence-corrected chi connectivity index (χ3v) is 2.77. The van der Waals surface area contributed by atoms with Crippen LogP contribution in [0.3, 0.4) is 0 Å². The van der Waals surface area contributed by atoms with Gasteiger partial charge in [0.05, 0.1) is 5.56 Å². The molecule has 5 nitrogen and oxygen atoms in total. The molecule has 0 fully saturated rings. The van der Waals surface area contributed by atoms with E-state index < -0.39 is 5.91 Å². The zero-order valence-corrected chi connectivity index (χ0v) is 10.4. The minimum absolute atomic E-state index is 0.0323. The maximum atomic E-state index is 12.2. The average Bonchev–Trinajstić information content (AvgIpc) is 2.40. The first-order chi connectivity index (χ1) is 8.99. The number of benzene rings is 2. The van der Waals surface area contributed by atoms with Gasteiger partial charge in [0, 0.05) is 18.4 Å². The lowest BCUT2D eigenvalue weighted by Gasteiger charge is -2.18. The van der Waals surface area contributed by atoms with Crippen LogP contribution in [-0.4, -0.2) is 23.2 Å². The Morgan fingerprint density at radius 2 is 1.89 bits per heavy atom.